The SMILES string of the molecule is O=C(O)c1ccncc1Cc1nn([C@H]2CNCc3ccccc32)cc1-c1ccccc1. The molecule has 2 aromatic heterocycles. The molecule has 0 radical (unpaired) electrons. The molecule has 154 valence electrons. The maximum Gasteiger partial charge on any atom is 0.336 e. The summed E-state index contributed by atoms with van der Waals surface area (Å²) < 4.78 is 2.01. The van der Waals surface area contributed by atoms with Gasteiger partial charge in [-0.2, -0.15) is 5.10 Å². The molecule has 0 aliphatic carbocycles. The van der Waals surface area contributed by atoms with Crippen LogP contribution in [0.2, 0.25) is 0 Å². The molecule has 31 heavy (non-hydrogen) atoms. The highest BCUT2D eigenvalue weighted by molar-refractivity contribution is 5.89. The van der Waals surface area contributed by atoms with Gasteiger partial charge < -0.3 is 10.4 Å². The third-order valence-corrected chi connectivity index (χ3v) is 5.77. The zero-order chi connectivity index (χ0) is 21.2. The molecule has 2 aromatic carbocycles. The van der Waals surface area contributed by atoms with Crippen molar-refractivity contribution in [3.8, 4) is 11.1 Å². The first-order chi connectivity index (χ1) is 15.2. The Morgan fingerprint density at radius 2 is 1.90 bits per heavy atom. The Balaban J connectivity index is 1.60. The normalized spacial score (nSPS) is 15.4. The first kappa shape index (κ1) is 19.2. The lowest BCUT2D eigenvalue weighted by atomic mass is 9.97. The smallest absolute Gasteiger partial charge is 0.336 e. The van der Waals surface area contributed by atoms with E-state index in [0.29, 0.717) is 12.0 Å². The maximum absolute atomic E-state index is 11.7. The van der Waals surface area contributed by atoms with Crippen LogP contribution in [0.25, 0.3) is 11.1 Å². The van der Waals surface area contributed by atoms with Gasteiger partial charge in [-0.1, -0.05) is 54.6 Å². The Hall–Kier alpha value is -3.77. The molecule has 5 rings (SSSR count). The first-order valence-electron chi connectivity index (χ1n) is 10.3. The summed E-state index contributed by atoms with van der Waals surface area (Å²) in [6.45, 7) is 1.64. The third kappa shape index (κ3) is 3.73. The van der Waals surface area contributed by atoms with Crippen molar-refractivity contribution in [2.45, 2.75) is 19.0 Å². The molecule has 0 amide bonds. The molecular weight excluding hydrogens is 388 g/mol. The van der Waals surface area contributed by atoms with E-state index in [1.54, 1.807) is 6.20 Å². The van der Waals surface area contributed by atoms with Gasteiger partial charge >= 0.3 is 5.97 Å². The highest BCUT2D eigenvalue weighted by atomic mass is 16.4. The van der Waals surface area contributed by atoms with Gasteiger partial charge in [-0.15, -0.1) is 0 Å². The number of nitrogens with zero attached hydrogens (tertiary/aromatic N) is 3. The van der Waals surface area contributed by atoms with Crippen LogP contribution in [0.1, 0.15) is 38.8 Å². The summed E-state index contributed by atoms with van der Waals surface area (Å²) in [6.07, 6.45) is 5.60. The number of aromatic nitrogens is 3. The molecule has 0 spiro atoms. The number of benzene rings is 2. The Morgan fingerprint density at radius 1 is 1.10 bits per heavy atom. The zero-order valence-electron chi connectivity index (χ0n) is 16.9. The standard InChI is InChI=1S/C25H22N4O2/c30-25(31)21-10-11-26-14-19(21)12-23-22(17-6-2-1-3-7-17)16-29(28-23)24-15-27-13-18-8-4-5-9-20(18)24/h1-11,14,16,24,27H,12-13,15H2,(H,30,31)/t24-/m0/s1. The van der Waals surface area contributed by atoms with Crippen LogP contribution >= 0.6 is 0 Å². The van der Waals surface area contributed by atoms with Crippen molar-refractivity contribution in [3.05, 3.63) is 107 Å². The molecule has 0 saturated heterocycles. The van der Waals surface area contributed by atoms with Crippen LogP contribution in [0, 0.1) is 0 Å². The van der Waals surface area contributed by atoms with E-state index >= 15 is 0 Å². The highest BCUT2D eigenvalue weighted by Gasteiger charge is 2.24. The highest BCUT2D eigenvalue weighted by Crippen LogP contribution is 2.30. The number of rotatable bonds is 5. The van der Waals surface area contributed by atoms with Crippen molar-refractivity contribution in [2.75, 3.05) is 6.54 Å². The Morgan fingerprint density at radius 3 is 2.74 bits per heavy atom. The van der Waals surface area contributed by atoms with E-state index < -0.39 is 5.97 Å². The van der Waals surface area contributed by atoms with Gasteiger partial charge in [0.2, 0.25) is 0 Å². The second-order valence-electron chi connectivity index (χ2n) is 7.70. The number of hydrogen-bond acceptors (Lipinski definition) is 4. The van der Waals surface area contributed by atoms with Crippen LogP contribution in [0.3, 0.4) is 0 Å². The molecule has 1 aliphatic heterocycles. The van der Waals surface area contributed by atoms with Crippen LogP contribution in [0.15, 0.2) is 79.3 Å². The fourth-order valence-corrected chi connectivity index (χ4v) is 4.24. The number of pyridine rings is 1. The van der Waals surface area contributed by atoms with E-state index in [4.69, 9.17) is 5.10 Å². The van der Waals surface area contributed by atoms with Gasteiger partial charge in [-0.3, -0.25) is 9.67 Å². The molecular formula is C25H22N4O2. The zero-order valence-corrected chi connectivity index (χ0v) is 16.9. The summed E-state index contributed by atoms with van der Waals surface area (Å²) in [7, 11) is 0. The molecule has 1 atom stereocenters. The summed E-state index contributed by atoms with van der Waals surface area (Å²) in [6, 6.07) is 20.1. The number of carbonyl (C=O) groups is 1. The van der Waals surface area contributed by atoms with Crippen molar-refractivity contribution < 1.29 is 9.90 Å². The van der Waals surface area contributed by atoms with Crippen molar-refractivity contribution in [3.63, 3.8) is 0 Å². The Kier molecular flexibility index (Phi) is 5.06. The number of aromatic carboxylic acids is 1. The molecule has 2 N–H and O–H groups in total. The minimum absolute atomic E-state index is 0.0778. The molecule has 0 fully saturated rings. The largest absolute Gasteiger partial charge is 0.478 e. The fourth-order valence-electron chi connectivity index (χ4n) is 4.24. The molecule has 3 heterocycles. The second kappa shape index (κ2) is 8.16. The van der Waals surface area contributed by atoms with Crippen LogP contribution in [0.4, 0.5) is 0 Å². The average molecular weight is 410 g/mol. The lowest BCUT2D eigenvalue weighted by Crippen LogP contribution is -2.32. The predicted octanol–water partition coefficient (Wildman–Crippen LogP) is 3.93. The maximum atomic E-state index is 11.7. The lowest BCUT2D eigenvalue weighted by molar-refractivity contribution is 0.0695. The molecule has 1 aliphatic rings. The number of carboxylic acids is 1. The summed E-state index contributed by atoms with van der Waals surface area (Å²) in [5.74, 6) is -0.955. The van der Waals surface area contributed by atoms with Gasteiger partial charge in [0.15, 0.2) is 0 Å². The van der Waals surface area contributed by atoms with Crippen LogP contribution < -0.4 is 5.32 Å². The molecule has 6 nitrogen and oxygen atoms in total. The molecule has 0 bridgehead atoms. The van der Waals surface area contributed by atoms with Crippen molar-refractivity contribution >= 4 is 5.97 Å². The van der Waals surface area contributed by atoms with Gasteiger partial charge in [0.1, 0.15) is 0 Å². The Labute approximate surface area is 180 Å². The minimum Gasteiger partial charge on any atom is -0.478 e. The number of nitrogens with one attached hydrogen (secondary N) is 1. The number of carboxylic acid groups (broad SMARTS) is 1. The molecule has 4 aromatic rings. The Bertz CT molecular complexity index is 1230. The summed E-state index contributed by atoms with van der Waals surface area (Å²) in [4.78, 5) is 15.8. The molecule has 6 heteroatoms. The van der Waals surface area contributed by atoms with E-state index in [1.165, 1.54) is 23.4 Å². The quantitative estimate of drug-likeness (QED) is 0.521. The van der Waals surface area contributed by atoms with Gasteiger partial charge in [0, 0.05) is 43.7 Å². The average Bonchev–Trinajstić information content (AvgIpc) is 3.23. The van der Waals surface area contributed by atoms with Crippen LogP contribution in [0.5, 0.6) is 0 Å². The van der Waals surface area contributed by atoms with Crippen molar-refractivity contribution in [1.82, 2.24) is 20.1 Å². The van der Waals surface area contributed by atoms with E-state index in [-0.39, 0.29) is 11.6 Å². The van der Waals surface area contributed by atoms with Gasteiger partial charge in [0.25, 0.3) is 0 Å². The van der Waals surface area contributed by atoms with Crippen molar-refractivity contribution in [2.24, 2.45) is 0 Å². The van der Waals surface area contributed by atoms with Gasteiger partial charge in [-0.05, 0) is 28.3 Å². The minimum atomic E-state index is -0.955. The lowest BCUT2D eigenvalue weighted by Gasteiger charge is -2.26. The van der Waals surface area contributed by atoms with E-state index in [9.17, 15) is 9.90 Å². The number of fused-ring (bicyclic) bond motifs is 1. The predicted molar refractivity (Wildman–Crippen MR) is 118 cm³/mol. The monoisotopic (exact) mass is 410 g/mol. The van der Waals surface area contributed by atoms with E-state index in [1.807, 2.05) is 22.9 Å². The number of hydrogen-bond donors (Lipinski definition) is 2. The molecule has 0 unspecified atom stereocenters. The fraction of sp³-hybridized carbons (Fsp3) is 0.160. The summed E-state index contributed by atoms with van der Waals surface area (Å²) >= 11 is 0. The summed E-state index contributed by atoms with van der Waals surface area (Å²) in [5, 5.41) is 18.0. The van der Waals surface area contributed by atoms with E-state index in [0.717, 1.165) is 29.9 Å². The molecule has 0 saturated carbocycles. The van der Waals surface area contributed by atoms with Crippen molar-refractivity contribution in [1.29, 1.82) is 0 Å². The topological polar surface area (TPSA) is 80.0 Å². The van der Waals surface area contributed by atoms with Gasteiger partial charge in [-0.25, -0.2) is 4.79 Å². The van der Waals surface area contributed by atoms with Crippen LogP contribution in [-0.4, -0.2) is 32.4 Å². The second-order valence-corrected chi connectivity index (χ2v) is 7.70. The van der Waals surface area contributed by atoms with Gasteiger partial charge in [0.05, 0.1) is 17.3 Å². The first-order valence-corrected chi connectivity index (χ1v) is 10.3. The van der Waals surface area contributed by atoms with Crippen LogP contribution in [-0.2, 0) is 13.0 Å². The van der Waals surface area contributed by atoms with E-state index in [2.05, 4.69) is 52.9 Å². The summed E-state index contributed by atoms with van der Waals surface area (Å²) in [5.41, 5.74) is 6.35. The third-order valence-electron chi connectivity index (χ3n) is 5.77.